The summed E-state index contributed by atoms with van der Waals surface area (Å²) in [7, 11) is 0. The number of nitrogens with zero attached hydrogens (tertiary/aromatic N) is 1. The summed E-state index contributed by atoms with van der Waals surface area (Å²) < 4.78 is 5.79. The van der Waals surface area contributed by atoms with Gasteiger partial charge in [-0.3, -0.25) is 4.79 Å². The molecule has 1 atom stereocenters. The van der Waals surface area contributed by atoms with Gasteiger partial charge in [0.25, 0.3) is 0 Å². The first kappa shape index (κ1) is 19.0. The van der Waals surface area contributed by atoms with Crippen LogP contribution in [0, 0.1) is 11.3 Å². The molecule has 4 nitrogen and oxygen atoms in total. The number of anilines is 1. The molecule has 4 heteroatoms. The van der Waals surface area contributed by atoms with Crippen LogP contribution >= 0.6 is 0 Å². The summed E-state index contributed by atoms with van der Waals surface area (Å²) in [5.74, 6) is 0.621. The zero-order valence-corrected chi connectivity index (χ0v) is 16.0. The summed E-state index contributed by atoms with van der Waals surface area (Å²) in [5, 5.41) is 12.6. The van der Waals surface area contributed by atoms with Crippen molar-refractivity contribution in [3.63, 3.8) is 0 Å². The van der Waals surface area contributed by atoms with Crippen LogP contribution in [0.5, 0.6) is 5.75 Å². The third kappa shape index (κ3) is 3.98. The van der Waals surface area contributed by atoms with Crippen LogP contribution in [-0.2, 0) is 10.2 Å². The Morgan fingerprint density at radius 3 is 2.56 bits per heavy atom. The maximum atomic E-state index is 13.3. The number of carbonyl (C=O) groups excluding carboxylic acids is 1. The third-order valence-corrected chi connectivity index (χ3v) is 5.49. The highest BCUT2D eigenvalue weighted by Gasteiger charge is 2.42. The quantitative estimate of drug-likeness (QED) is 0.769. The number of nitriles is 1. The fourth-order valence-corrected chi connectivity index (χ4v) is 3.74. The molecule has 1 saturated carbocycles. The van der Waals surface area contributed by atoms with E-state index >= 15 is 0 Å². The molecular formula is C23H26N2O2. The molecule has 0 saturated heterocycles. The van der Waals surface area contributed by atoms with E-state index in [1.54, 1.807) is 12.1 Å². The van der Waals surface area contributed by atoms with E-state index in [-0.39, 0.29) is 12.0 Å². The number of nitrogens with one attached hydrogen (secondary N) is 1. The SMILES string of the molecule is CCC(C)Oc1ccc(NC(=O)C2(c3ccccc3)CCCC2)c(C#N)c1. The van der Waals surface area contributed by atoms with E-state index in [4.69, 9.17) is 4.74 Å². The molecule has 0 aliphatic heterocycles. The van der Waals surface area contributed by atoms with Crippen molar-refractivity contribution in [2.75, 3.05) is 5.32 Å². The van der Waals surface area contributed by atoms with Crippen molar-refractivity contribution in [2.45, 2.75) is 57.5 Å². The van der Waals surface area contributed by atoms with Crippen LogP contribution < -0.4 is 10.1 Å². The zero-order chi connectivity index (χ0) is 19.3. The molecule has 1 aliphatic carbocycles. The second-order valence-corrected chi connectivity index (χ2v) is 7.27. The van der Waals surface area contributed by atoms with Crippen LogP contribution in [0.25, 0.3) is 0 Å². The molecule has 1 N–H and O–H groups in total. The van der Waals surface area contributed by atoms with E-state index < -0.39 is 5.41 Å². The van der Waals surface area contributed by atoms with Crippen LogP contribution in [0.1, 0.15) is 57.1 Å². The summed E-state index contributed by atoms with van der Waals surface area (Å²) in [5.41, 5.74) is 1.50. The summed E-state index contributed by atoms with van der Waals surface area (Å²) in [4.78, 5) is 13.3. The van der Waals surface area contributed by atoms with Gasteiger partial charge in [0.1, 0.15) is 11.8 Å². The lowest BCUT2D eigenvalue weighted by Gasteiger charge is -2.28. The van der Waals surface area contributed by atoms with E-state index in [1.807, 2.05) is 43.3 Å². The Hall–Kier alpha value is -2.80. The van der Waals surface area contributed by atoms with Crippen molar-refractivity contribution < 1.29 is 9.53 Å². The number of benzene rings is 2. The molecule has 0 spiro atoms. The van der Waals surface area contributed by atoms with Crippen molar-refractivity contribution in [1.29, 1.82) is 5.26 Å². The Kier molecular flexibility index (Phi) is 5.81. The molecule has 2 aromatic rings. The van der Waals surface area contributed by atoms with E-state index in [1.165, 1.54) is 0 Å². The zero-order valence-electron chi connectivity index (χ0n) is 16.0. The Morgan fingerprint density at radius 1 is 1.22 bits per heavy atom. The smallest absolute Gasteiger partial charge is 0.235 e. The van der Waals surface area contributed by atoms with Crippen molar-refractivity contribution >= 4 is 11.6 Å². The Bertz CT molecular complexity index is 833. The van der Waals surface area contributed by atoms with Gasteiger partial charge in [-0.2, -0.15) is 5.26 Å². The monoisotopic (exact) mass is 362 g/mol. The Balaban J connectivity index is 1.85. The average molecular weight is 362 g/mol. The van der Waals surface area contributed by atoms with Gasteiger partial charge < -0.3 is 10.1 Å². The van der Waals surface area contributed by atoms with Crippen molar-refractivity contribution in [2.24, 2.45) is 0 Å². The molecule has 1 aliphatic rings. The van der Waals surface area contributed by atoms with Crippen molar-refractivity contribution in [3.05, 3.63) is 59.7 Å². The molecule has 1 fully saturated rings. The lowest BCUT2D eigenvalue weighted by atomic mass is 9.78. The number of carbonyl (C=O) groups is 1. The number of rotatable bonds is 6. The van der Waals surface area contributed by atoms with Crippen molar-refractivity contribution in [3.8, 4) is 11.8 Å². The number of amides is 1. The highest BCUT2D eigenvalue weighted by Crippen LogP contribution is 2.42. The van der Waals surface area contributed by atoms with Crippen LogP contribution in [0.2, 0.25) is 0 Å². The first-order valence-electron chi connectivity index (χ1n) is 9.67. The first-order chi connectivity index (χ1) is 13.1. The summed E-state index contributed by atoms with van der Waals surface area (Å²) in [6.07, 6.45) is 4.71. The molecule has 1 amide bonds. The lowest BCUT2D eigenvalue weighted by Crippen LogP contribution is -2.38. The largest absolute Gasteiger partial charge is 0.491 e. The number of hydrogen-bond donors (Lipinski definition) is 1. The van der Waals surface area contributed by atoms with Gasteiger partial charge in [-0.15, -0.1) is 0 Å². The molecule has 3 rings (SSSR count). The standard InChI is InChI=1S/C23H26N2O2/c1-3-17(2)27-20-11-12-21(18(15-20)16-24)25-22(26)23(13-7-8-14-23)19-9-5-4-6-10-19/h4-6,9-12,15,17H,3,7-8,13-14H2,1-2H3,(H,25,26). The first-order valence-corrected chi connectivity index (χ1v) is 9.67. The second-order valence-electron chi connectivity index (χ2n) is 7.27. The maximum absolute atomic E-state index is 13.3. The van der Waals surface area contributed by atoms with E-state index in [2.05, 4.69) is 18.3 Å². The minimum atomic E-state index is -0.514. The van der Waals surface area contributed by atoms with E-state index in [9.17, 15) is 10.1 Å². The Labute approximate surface area is 161 Å². The molecule has 2 aromatic carbocycles. The van der Waals surface area contributed by atoms with Crippen LogP contribution in [0.3, 0.4) is 0 Å². The van der Waals surface area contributed by atoms with Gasteiger partial charge in [-0.1, -0.05) is 50.1 Å². The van der Waals surface area contributed by atoms with Gasteiger partial charge in [-0.25, -0.2) is 0 Å². The van der Waals surface area contributed by atoms with E-state index in [0.29, 0.717) is 17.0 Å². The molecule has 27 heavy (non-hydrogen) atoms. The highest BCUT2D eigenvalue weighted by atomic mass is 16.5. The molecule has 140 valence electrons. The minimum Gasteiger partial charge on any atom is -0.491 e. The molecule has 0 bridgehead atoms. The fourth-order valence-electron chi connectivity index (χ4n) is 3.74. The maximum Gasteiger partial charge on any atom is 0.235 e. The molecule has 1 unspecified atom stereocenters. The van der Waals surface area contributed by atoms with Gasteiger partial charge in [0.05, 0.1) is 22.8 Å². The summed E-state index contributed by atoms with van der Waals surface area (Å²) in [6, 6.07) is 17.4. The lowest BCUT2D eigenvalue weighted by molar-refractivity contribution is -0.121. The second kappa shape index (κ2) is 8.26. The predicted molar refractivity (Wildman–Crippen MR) is 107 cm³/mol. The third-order valence-electron chi connectivity index (χ3n) is 5.49. The van der Waals surface area contributed by atoms with Gasteiger partial charge in [0, 0.05) is 6.07 Å². The molecule has 0 aromatic heterocycles. The van der Waals surface area contributed by atoms with E-state index in [0.717, 1.165) is 37.7 Å². The summed E-state index contributed by atoms with van der Waals surface area (Å²) in [6.45, 7) is 4.04. The van der Waals surface area contributed by atoms with Crippen LogP contribution in [-0.4, -0.2) is 12.0 Å². The number of hydrogen-bond acceptors (Lipinski definition) is 3. The van der Waals surface area contributed by atoms with Crippen LogP contribution in [0.15, 0.2) is 48.5 Å². The minimum absolute atomic E-state index is 0.0294. The highest BCUT2D eigenvalue weighted by molar-refractivity contribution is 6.00. The summed E-state index contributed by atoms with van der Waals surface area (Å²) >= 11 is 0. The predicted octanol–water partition coefficient (Wildman–Crippen LogP) is 5.19. The molecule has 0 radical (unpaired) electrons. The topological polar surface area (TPSA) is 62.1 Å². The molecular weight excluding hydrogens is 336 g/mol. The Morgan fingerprint density at radius 2 is 1.93 bits per heavy atom. The fraction of sp³-hybridized carbons (Fsp3) is 0.391. The van der Waals surface area contributed by atoms with Gasteiger partial charge in [0.2, 0.25) is 5.91 Å². The van der Waals surface area contributed by atoms with Gasteiger partial charge in [-0.05, 0) is 43.9 Å². The average Bonchev–Trinajstić information content (AvgIpc) is 3.21. The molecule has 0 heterocycles. The van der Waals surface area contributed by atoms with Crippen LogP contribution in [0.4, 0.5) is 5.69 Å². The van der Waals surface area contributed by atoms with Gasteiger partial charge >= 0.3 is 0 Å². The normalized spacial score (nSPS) is 16.3. The van der Waals surface area contributed by atoms with Gasteiger partial charge in [0.15, 0.2) is 0 Å². The van der Waals surface area contributed by atoms with Crippen molar-refractivity contribution in [1.82, 2.24) is 0 Å². The number of ether oxygens (including phenoxy) is 1.